The van der Waals surface area contributed by atoms with Crippen LogP contribution in [-0.4, -0.2) is 24.2 Å². The Morgan fingerprint density at radius 3 is 2.50 bits per heavy atom. The van der Waals surface area contributed by atoms with Gasteiger partial charge in [-0.3, -0.25) is 0 Å². The average molecular weight is 250 g/mol. The third-order valence-corrected chi connectivity index (χ3v) is 3.51. The third kappa shape index (κ3) is 3.60. The highest BCUT2D eigenvalue weighted by molar-refractivity contribution is 5.19. The van der Waals surface area contributed by atoms with Crippen LogP contribution in [0.2, 0.25) is 0 Å². The van der Waals surface area contributed by atoms with Gasteiger partial charge in [0.25, 0.3) is 0 Å². The van der Waals surface area contributed by atoms with Crippen LogP contribution in [0.3, 0.4) is 0 Å². The molecule has 0 radical (unpaired) electrons. The van der Waals surface area contributed by atoms with Crippen LogP contribution in [0.15, 0.2) is 18.2 Å². The first-order valence-electron chi connectivity index (χ1n) is 6.65. The molecule has 0 aliphatic heterocycles. The van der Waals surface area contributed by atoms with Crippen LogP contribution >= 0.6 is 0 Å². The van der Waals surface area contributed by atoms with E-state index in [-0.39, 0.29) is 5.54 Å². The molecule has 1 aliphatic rings. The van der Waals surface area contributed by atoms with Gasteiger partial charge in [-0.15, -0.1) is 0 Å². The minimum absolute atomic E-state index is 0.193. The van der Waals surface area contributed by atoms with Crippen LogP contribution in [0, 0.1) is 0 Å². The first-order valence-corrected chi connectivity index (χ1v) is 6.65. The zero-order valence-electron chi connectivity index (χ0n) is 11.0. The van der Waals surface area contributed by atoms with Crippen molar-refractivity contribution in [2.24, 2.45) is 5.73 Å². The molecule has 100 valence electrons. The van der Waals surface area contributed by atoms with Crippen LogP contribution in [0.5, 0.6) is 11.8 Å². The van der Waals surface area contributed by atoms with Crippen LogP contribution in [0.25, 0.3) is 0 Å². The van der Waals surface area contributed by atoms with E-state index in [1.165, 1.54) is 25.7 Å². The van der Waals surface area contributed by atoms with Crippen LogP contribution in [-0.2, 0) is 0 Å². The second-order valence-corrected chi connectivity index (χ2v) is 5.08. The van der Waals surface area contributed by atoms with E-state index in [0.717, 1.165) is 12.8 Å². The van der Waals surface area contributed by atoms with Crippen molar-refractivity contribution in [1.82, 2.24) is 4.98 Å². The SMILES string of the molecule is COc1cccc(OCC2(N)CCCCCC2)n1. The van der Waals surface area contributed by atoms with Crippen molar-refractivity contribution < 1.29 is 9.47 Å². The second kappa shape index (κ2) is 6.05. The Labute approximate surface area is 108 Å². The average Bonchev–Trinajstić information content (AvgIpc) is 2.62. The first-order chi connectivity index (χ1) is 8.72. The molecule has 1 heterocycles. The molecule has 4 nitrogen and oxygen atoms in total. The van der Waals surface area contributed by atoms with Gasteiger partial charge in [-0.1, -0.05) is 31.7 Å². The fraction of sp³-hybridized carbons (Fsp3) is 0.643. The highest BCUT2D eigenvalue weighted by Crippen LogP contribution is 2.25. The second-order valence-electron chi connectivity index (χ2n) is 5.08. The molecule has 1 aliphatic carbocycles. The van der Waals surface area contributed by atoms with E-state index in [2.05, 4.69) is 4.98 Å². The molecule has 2 N–H and O–H groups in total. The Morgan fingerprint density at radius 1 is 1.17 bits per heavy atom. The van der Waals surface area contributed by atoms with Crippen molar-refractivity contribution in [2.45, 2.75) is 44.1 Å². The molecule has 0 saturated heterocycles. The predicted molar refractivity (Wildman–Crippen MR) is 70.9 cm³/mol. The van der Waals surface area contributed by atoms with Crippen LogP contribution in [0.4, 0.5) is 0 Å². The molecule has 0 amide bonds. The number of ether oxygens (including phenoxy) is 2. The molecular formula is C14H22N2O2. The lowest BCUT2D eigenvalue weighted by Crippen LogP contribution is -2.45. The minimum Gasteiger partial charge on any atom is -0.481 e. The van der Waals surface area contributed by atoms with E-state index in [0.29, 0.717) is 18.4 Å². The number of nitrogens with zero attached hydrogens (tertiary/aromatic N) is 1. The van der Waals surface area contributed by atoms with E-state index >= 15 is 0 Å². The summed E-state index contributed by atoms with van der Waals surface area (Å²) >= 11 is 0. The lowest BCUT2D eigenvalue weighted by Gasteiger charge is -2.27. The Morgan fingerprint density at radius 2 is 1.83 bits per heavy atom. The Kier molecular flexibility index (Phi) is 4.42. The van der Waals surface area contributed by atoms with Crippen molar-refractivity contribution >= 4 is 0 Å². The van der Waals surface area contributed by atoms with Gasteiger partial charge >= 0.3 is 0 Å². The minimum atomic E-state index is -0.193. The Balaban J connectivity index is 1.92. The molecular weight excluding hydrogens is 228 g/mol. The van der Waals surface area contributed by atoms with Crippen molar-refractivity contribution in [2.75, 3.05) is 13.7 Å². The molecule has 1 aromatic heterocycles. The summed E-state index contributed by atoms with van der Waals surface area (Å²) in [5, 5.41) is 0. The predicted octanol–water partition coefficient (Wildman–Crippen LogP) is 2.52. The molecule has 1 fully saturated rings. The molecule has 2 rings (SSSR count). The normalized spacial score (nSPS) is 19.0. The topological polar surface area (TPSA) is 57.4 Å². The summed E-state index contributed by atoms with van der Waals surface area (Å²) in [7, 11) is 1.60. The summed E-state index contributed by atoms with van der Waals surface area (Å²) in [6.07, 6.45) is 7.05. The number of hydrogen-bond acceptors (Lipinski definition) is 4. The van der Waals surface area contributed by atoms with E-state index in [1.54, 1.807) is 13.2 Å². The molecule has 1 aromatic rings. The number of nitrogens with two attached hydrogens (primary N) is 1. The van der Waals surface area contributed by atoms with Gasteiger partial charge in [0.2, 0.25) is 11.8 Å². The number of methoxy groups -OCH3 is 1. The van der Waals surface area contributed by atoms with Gasteiger partial charge in [0.1, 0.15) is 6.61 Å². The van der Waals surface area contributed by atoms with Crippen molar-refractivity contribution in [3.63, 3.8) is 0 Å². The number of pyridine rings is 1. The zero-order chi connectivity index (χ0) is 12.8. The Hall–Kier alpha value is -1.29. The maximum Gasteiger partial charge on any atom is 0.216 e. The maximum atomic E-state index is 6.39. The van der Waals surface area contributed by atoms with Gasteiger partial charge in [0.15, 0.2) is 0 Å². The maximum absolute atomic E-state index is 6.39. The largest absolute Gasteiger partial charge is 0.481 e. The highest BCUT2D eigenvalue weighted by atomic mass is 16.5. The van der Waals surface area contributed by atoms with E-state index < -0.39 is 0 Å². The van der Waals surface area contributed by atoms with E-state index in [1.807, 2.05) is 12.1 Å². The van der Waals surface area contributed by atoms with Gasteiger partial charge < -0.3 is 15.2 Å². The summed E-state index contributed by atoms with van der Waals surface area (Å²) in [5.41, 5.74) is 6.20. The lowest BCUT2D eigenvalue weighted by molar-refractivity contribution is 0.192. The third-order valence-electron chi connectivity index (χ3n) is 3.51. The monoisotopic (exact) mass is 250 g/mol. The molecule has 0 atom stereocenters. The summed E-state index contributed by atoms with van der Waals surface area (Å²) in [6, 6.07) is 5.51. The zero-order valence-corrected chi connectivity index (χ0v) is 11.0. The molecule has 0 bridgehead atoms. The van der Waals surface area contributed by atoms with Crippen molar-refractivity contribution in [3.05, 3.63) is 18.2 Å². The van der Waals surface area contributed by atoms with Gasteiger partial charge in [-0.05, 0) is 12.8 Å². The van der Waals surface area contributed by atoms with Gasteiger partial charge in [0, 0.05) is 12.1 Å². The van der Waals surface area contributed by atoms with Gasteiger partial charge in [-0.2, -0.15) is 4.98 Å². The fourth-order valence-electron chi connectivity index (χ4n) is 2.38. The Bertz CT molecular complexity index is 374. The van der Waals surface area contributed by atoms with Crippen molar-refractivity contribution in [1.29, 1.82) is 0 Å². The standard InChI is InChI=1S/C14H22N2O2/c1-17-12-7-6-8-13(16-12)18-11-14(15)9-4-2-3-5-10-14/h6-8H,2-5,9-11,15H2,1H3. The van der Waals surface area contributed by atoms with E-state index in [4.69, 9.17) is 15.2 Å². The van der Waals surface area contributed by atoms with Crippen molar-refractivity contribution in [3.8, 4) is 11.8 Å². The molecule has 18 heavy (non-hydrogen) atoms. The highest BCUT2D eigenvalue weighted by Gasteiger charge is 2.27. The number of rotatable bonds is 4. The number of hydrogen-bond donors (Lipinski definition) is 1. The number of aromatic nitrogens is 1. The molecule has 4 heteroatoms. The fourth-order valence-corrected chi connectivity index (χ4v) is 2.38. The molecule has 1 saturated carbocycles. The smallest absolute Gasteiger partial charge is 0.216 e. The molecule has 0 spiro atoms. The van der Waals surface area contributed by atoms with Gasteiger partial charge in [0.05, 0.1) is 12.6 Å². The van der Waals surface area contributed by atoms with Crippen LogP contribution in [0.1, 0.15) is 38.5 Å². The first kappa shape index (κ1) is 13.1. The molecule has 0 aromatic carbocycles. The van der Waals surface area contributed by atoms with Crippen LogP contribution < -0.4 is 15.2 Å². The summed E-state index contributed by atoms with van der Waals surface area (Å²) < 4.78 is 10.8. The van der Waals surface area contributed by atoms with E-state index in [9.17, 15) is 0 Å². The summed E-state index contributed by atoms with van der Waals surface area (Å²) in [5.74, 6) is 1.16. The quantitative estimate of drug-likeness (QED) is 0.834. The molecule has 0 unspecified atom stereocenters. The van der Waals surface area contributed by atoms with Gasteiger partial charge in [-0.25, -0.2) is 0 Å². The summed E-state index contributed by atoms with van der Waals surface area (Å²) in [6.45, 7) is 0.535. The summed E-state index contributed by atoms with van der Waals surface area (Å²) in [4.78, 5) is 4.23. The lowest BCUT2D eigenvalue weighted by atomic mass is 9.93.